The Morgan fingerprint density at radius 2 is 1.73 bits per heavy atom. The van der Waals surface area contributed by atoms with Crippen LogP contribution in [0.3, 0.4) is 0 Å². The summed E-state index contributed by atoms with van der Waals surface area (Å²) in [5, 5.41) is 7.60. The Kier molecular flexibility index (Phi) is 9.01. The van der Waals surface area contributed by atoms with Gasteiger partial charge in [0, 0.05) is 19.4 Å². The van der Waals surface area contributed by atoms with Crippen LogP contribution in [0.15, 0.2) is 18.2 Å². The molecule has 2 aliphatic rings. The van der Waals surface area contributed by atoms with Crippen LogP contribution in [-0.2, 0) is 19.1 Å². The second kappa shape index (κ2) is 12.0. The summed E-state index contributed by atoms with van der Waals surface area (Å²) in [7, 11) is 0. The average Bonchev–Trinajstić information content (AvgIpc) is 3.05. The van der Waals surface area contributed by atoms with Crippen molar-refractivity contribution in [2.75, 3.05) is 11.9 Å². The maximum atomic E-state index is 13.1. The molecule has 1 unspecified atom stereocenters. The van der Waals surface area contributed by atoms with Gasteiger partial charge in [0.05, 0.1) is 16.8 Å². The SMILES string of the molecule is CC(C)(C)OC(=O)NCCCCCCCC(=O)Nc1cccc2c1C(=O)N(C1CCC(=O)NC1=O)C2=O. The first kappa shape index (κ1) is 27.8. The Balaban J connectivity index is 1.43. The van der Waals surface area contributed by atoms with E-state index < -0.39 is 41.4 Å². The Morgan fingerprint density at radius 1 is 1.03 bits per heavy atom. The van der Waals surface area contributed by atoms with Crippen LogP contribution in [0.2, 0.25) is 0 Å². The first-order valence-corrected chi connectivity index (χ1v) is 12.6. The van der Waals surface area contributed by atoms with E-state index in [0.29, 0.717) is 13.0 Å². The van der Waals surface area contributed by atoms with Gasteiger partial charge in [0.25, 0.3) is 11.8 Å². The van der Waals surface area contributed by atoms with Crippen molar-refractivity contribution in [1.82, 2.24) is 15.5 Å². The zero-order chi connectivity index (χ0) is 27.2. The van der Waals surface area contributed by atoms with Crippen LogP contribution in [0.4, 0.5) is 10.5 Å². The van der Waals surface area contributed by atoms with Crippen LogP contribution in [0.1, 0.15) is 92.9 Å². The van der Waals surface area contributed by atoms with Crippen LogP contribution < -0.4 is 16.0 Å². The molecule has 2 aliphatic heterocycles. The number of carbonyl (C=O) groups excluding carboxylic acids is 6. The summed E-state index contributed by atoms with van der Waals surface area (Å²) in [6, 6.07) is 3.54. The highest BCUT2D eigenvalue weighted by Crippen LogP contribution is 2.32. The number of ether oxygens (including phenoxy) is 1. The molecule has 0 bridgehead atoms. The second-order valence-corrected chi connectivity index (χ2v) is 10.2. The quantitative estimate of drug-likeness (QED) is 0.321. The van der Waals surface area contributed by atoms with E-state index in [0.717, 1.165) is 30.6 Å². The Labute approximate surface area is 215 Å². The Morgan fingerprint density at radius 3 is 2.43 bits per heavy atom. The Hall–Kier alpha value is -3.76. The number of nitrogens with one attached hydrogen (secondary N) is 3. The van der Waals surface area contributed by atoms with Gasteiger partial charge >= 0.3 is 6.09 Å². The fraction of sp³-hybridized carbons (Fsp3) is 0.538. The lowest BCUT2D eigenvalue weighted by atomic mass is 10.0. The third-order valence-electron chi connectivity index (χ3n) is 5.99. The molecule has 1 aromatic rings. The molecule has 200 valence electrons. The van der Waals surface area contributed by atoms with Crippen LogP contribution in [0, 0.1) is 0 Å². The van der Waals surface area contributed by atoms with E-state index in [4.69, 9.17) is 4.74 Å². The van der Waals surface area contributed by atoms with Crippen LogP contribution in [0.5, 0.6) is 0 Å². The number of hydrogen-bond donors (Lipinski definition) is 3. The molecule has 1 aromatic carbocycles. The minimum atomic E-state index is -1.06. The lowest BCUT2D eigenvalue weighted by Gasteiger charge is -2.27. The molecule has 2 heterocycles. The summed E-state index contributed by atoms with van der Waals surface area (Å²) in [5.41, 5.74) is -0.125. The van der Waals surface area contributed by atoms with Crippen LogP contribution >= 0.6 is 0 Å². The molecule has 0 aromatic heterocycles. The molecule has 1 fully saturated rings. The van der Waals surface area contributed by atoms with Crippen LogP contribution in [-0.4, -0.2) is 58.7 Å². The molecule has 37 heavy (non-hydrogen) atoms. The van der Waals surface area contributed by atoms with E-state index in [2.05, 4.69) is 16.0 Å². The maximum Gasteiger partial charge on any atom is 0.407 e. The highest BCUT2D eigenvalue weighted by atomic mass is 16.6. The van der Waals surface area contributed by atoms with Gasteiger partial charge in [-0.25, -0.2) is 4.79 Å². The van der Waals surface area contributed by atoms with E-state index >= 15 is 0 Å². The maximum absolute atomic E-state index is 13.1. The average molecular weight is 515 g/mol. The molecule has 6 amide bonds. The third kappa shape index (κ3) is 7.37. The zero-order valence-electron chi connectivity index (χ0n) is 21.5. The van der Waals surface area contributed by atoms with Crippen molar-refractivity contribution in [3.05, 3.63) is 29.3 Å². The number of piperidine rings is 1. The molecule has 11 nitrogen and oxygen atoms in total. The normalized spacial score (nSPS) is 17.4. The highest BCUT2D eigenvalue weighted by Gasteiger charge is 2.45. The molecule has 3 N–H and O–H groups in total. The van der Waals surface area contributed by atoms with Gasteiger partial charge in [-0.2, -0.15) is 0 Å². The summed E-state index contributed by atoms with van der Waals surface area (Å²) in [6.45, 7) is 5.95. The number of nitrogens with zero attached hydrogens (tertiary/aromatic N) is 1. The molecular weight excluding hydrogens is 480 g/mol. The summed E-state index contributed by atoms with van der Waals surface area (Å²) in [6.07, 6.45) is 4.00. The van der Waals surface area contributed by atoms with Gasteiger partial charge in [-0.15, -0.1) is 0 Å². The predicted molar refractivity (Wildman–Crippen MR) is 134 cm³/mol. The van der Waals surface area contributed by atoms with Crippen molar-refractivity contribution in [2.45, 2.75) is 83.8 Å². The summed E-state index contributed by atoms with van der Waals surface area (Å²) < 4.78 is 5.18. The fourth-order valence-electron chi connectivity index (χ4n) is 4.28. The predicted octanol–water partition coefficient (Wildman–Crippen LogP) is 2.89. The lowest BCUT2D eigenvalue weighted by molar-refractivity contribution is -0.136. The molecule has 0 aliphatic carbocycles. The number of fused-ring (bicyclic) bond motifs is 1. The molecule has 0 radical (unpaired) electrons. The fourth-order valence-corrected chi connectivity index (χ4v) is 4.28. The summed E-state index contributed by atoms with van der Waals surface area (Å²) in [5.74, 6) is -2.68. The number of unbranched alkanes of at least 4 members (excludes halogenated alkanes) is 4. The lowest BCUT2D eigenvalue weighted by Crippen LogP contribution is -2.54. The number of rotatable bonds is 10. The number of carbonyl (C=O) groups is 6. The number of imide groups is 2. The van der Waals surface area contributed by atoms with Gasteiger partial charge in [-0.05, 0) is 52.2 Å². The van der Waals surface area contributed by atoms with E-state index in [1.807, 2.05) is 0 Å². The molecule has 1 atom stereocenters. The molecule has 0 saturated carbocycles. The van der Waals surface area contributed by atoms with E-state index in [9.17, 15) is 28.8 Å². The van der Waals surface area contributed by atoms with E-state index in [1.54, 1.807) is 32.9 Å². The van der Waals surface area contributed by atoms with Gasteiger partial charge in [-0.1, -0.05) is 25.3 Å². The summed E-state index contributed by atoms with van der Waals surface area (Å²) in [4.78, 5) is 74.6. The van der Waals surface area contributed by atoms with Gasteiger partial charge in [0.15, 0.2) is 0 Å². The Bertz CT molecular complexity index is 1090. The van der Waals surface area contributed by atoms with Crippen molar-refractivity contribution in [3.63, 3.8) is 0 Å². The van der Waals surface area contributed by atoms with Crippen molar-refractivity contribution in [1.29, 1.82) is 0 Å². The number of alkyl carbamates (subject to hydrolysis) is 1. The van der Waals surface area contributed by atoms with Gasteiger partial charge in [0.2, 0.25) is 17.7 Å². The zero-order valence-corrected chi connectivity index (χ0v) is 21.5. The smallest absolute Gasteiger partial charge is 0.407 e. The van der Waals surface area contributed by atoms with Crippen LogP contribution in [0.25, 0.3) is 0 Å². The van der Waals surface area contributed by atoms with Gasteiger partial charge < -0.3 is 15.4 Å². The van der Waals surface area contributed by atoms with Crippen molar-refractivity contribution >= 4 is 41.3 Å². The standard InChI is InChI=1S/C26H34N4O7/c1-26(2,3)37-25(36)27-15-8-6-4-5-7-12-19(31)28-17-11-9-10-16-21(17)24(35)30(23(16)34)18-13-14-20(32)29-22(18)33/h9-11,18H,4-8,12-15H2,1-3H3,(H,27,36)(H,28,31)(H,29,32,33). The van der Waals surface area contributed by atoms with Crippen molar-refractivity contribution < 1.29 is 33.5 Å². The monoisotopic (exact) mass is 514 g/mol. The topological polar surface area (TPSA) is 151 Å². The molecule has 3 rings (SSSR count). The molecule has 11 heteroatoms. The number of hydrogen-bond acceptors (Lipinski definition) is 7. The van der Waals surface area contributed by atoms with E-state index in [-0.39, 0.29) is 42.0 Å². The van der Waals surface area contributed by atoms with Crippen molar-refractivity contribution in [2.24, 2.45) is 0 Å². The minimum absolute atomic E-state index is 0.0354. The first-order chi connectivity index (χ1) is 17.5. The minimum Gasteiger partial charge on any atom is -0.444 e. The molecule has 0 spiro atoms. The second-order valence-electron chi connectivity index (χ2n) is 10.2. The van der Waals surface area contributed by atoms with Gasteiger partial charge in [0.1, 0.15) is 11.6 Å². The summed E-state index contributed by atoms with van der Waals surface area (Å²) >= 11 is 0. The molecule has 1 saturated heterocycles. The first-order valence-electron chi connectivity index (χ1n) is 12.6. The number of benzene rings is 1. The number of amides is 6. The molecular formula is C26H34N4O7. The third-order valence-corrected chi connectivity index (χ3v) is 5.99. The largest absolute Gasteiger partial charge is 0.444 e. The van der Waals surface area contributed by atoms with Crippen molar-refractivity contribution in [3.8, 4) is 0 Å². The van der Waals surface area contributed by atoms with Gasteiger partial charge in [-0.3, -0.25) is 34.2 Å². The highest BCUT2D eigenvalue weighted by molar-refractivity contribution is 6.26. The van der Waals surface area contributed by atoms with E-state index in [1.165, 1.54) is 6.07 Å². The number of anilines is 1.